The quantitative estimate of drug-likeness (QED) is 0.197. The number of phenols is 1. The summed E-state index contributed by atoms with van der Waals surface area (Å²) in [5.74, 6) is 0.779. The number of phenolic OH excluding ortho intramolecular Hbond substituents is 1. The third-order valence-corrected chi connectivity index (χ3v) is 5.47. The molecular formula is C23H29NO3S. The van der Waals surface area contributed by atoms with Gasteiger partial charge in [0.2, 0.25) is 6.08 Å². The number of thiocarbonyl (C=S) groups is 1. The third kappa shape index (κ3) is 5.63. The van der Waals surface area contributed by atoms with Gasteiger partial charge in [0.05, 0.1) is 0 Å². The summed E-state index contributed by atoms with van der Waals surface area (Å²) in [5, 5.41) is 10.7. The van der Waals surface area contributed by atoms with E-state index < -0.39 is 0 Å². The second kappa shape index (κ2) is 10.4. The number of rotatable bonds is 7. The zero-order valence-corrected chi connectivity index (χ0v) is 17.8. The molecule has 0 spiro atoms. The first-order valence-corrected chi connectivity index (χ1v) is 10.3. The number of unbranched alkanes of at least 4 members (excludes halogenated alkanes) is 2. The van der Waals surface area contributed by atoms with E-state index in [9.17, 15) is 9.90 Å². The molecule has 0 amide bonds. The number of aryl methyl sites for hydroxylation is 1. The van der Waals surface area contributed by atoms with Crippen LogP contribution < -0.4 is 4.74 Å². The molecule has 1 aromatic rings. The summed E-state index contributed by atoms with van der Waals surface area (Å²) in [6.45, 7) is 10.4. The Morgan fingerprint density at radius 3 is 2.82 bits per heavy atom. The standard InChI is InChI=1S/C23H29NO3S/c1-5-6-7-8-17-12-20(26)22(21(13-17)27-23(28)24-14-25)19-11-16(4)9-10-18(19)15(2)3/h11-13,18-19,26H,2,5-10H2,1,3-4H3/t18-,19+/m0/s1. The number of allylic oxidation sites excluding steroid dienone is 3. The minimum absolute atomic E-state index is 0.0612. The Hall–Kier alpha value is -2.23. The minimum atomic E-state index is -0.204. The molecule has 0 aromatic heterocycles. The largest absolute Gasteiger partial charge is 0.507 e. The number of hydrogen-bond acceptors (Lipinski definition) is 4. The molecule has 0 aliphatic heterocycles. The Bertz CT molecular complexity index is 821. The minimum Gasteiger partial charge on any atom is -0.507 e. The van der Waals surface area contributed by atoms with Crippen molar-refractivity contribution in [3.05, 3.63) is 47.1 Å². The van der Waals surface area contributed by atoms with Crippen molar-refractivity contribution in [3.8, 4) is 11.5 Å². The second-order valence-electron chi connectivity index (χ2n) is 7.59. The Morgan fingerprint density at radius 1 is 1.43 bits per heavy atom. The van der Waals surface area contributed by atoms with Crippen molar-refractivity contribution in [2.45, 2.75) is 65.2 Å². The SMILES string of the molecule is C=C(C)[C@@H]1CCC(C)=C[C@H]1c1c(O)cc(CCCCC)cc1OC(=S)N=C=O. The maximum Gasteiger partial charge on any atom is 0.300 e. The predicted octanol–water partition coefficient (Wildman–Crippen LogP) is 6.14. The number of benzene rings is 1. The van der Waals surface area contributed by atoms with E-state index >= 15 is 0 Å². The van der Waals surface area contributed by atoms with E-state index in [1.165, 1.54) is 11.7 Å². The Morgan fingerprint density at radius 2 is 2.18 bits per heavy atom. The van der Waals surface area contributed by atoms with Crippen molar-refractivity contribution >= 4 is 23.5 Å². The monoisotopic (exact) mass is 399 g/mol. The lowest BCUT2D eigenvalue weighted by Crippen LogP contribution is -2.18. The van der Waals surface area contributed by atoms with Gasteiger partial charge in [0.15, 0.2) is 0 Å². The van der Waals surface area contributed by atoms with Gasteiger partial charge in [0.25, 0.3) is 5.17 Å². The van der Waals surface area contributed by atoms with E-state index in [0.29, 0.717) is 11.3 Å². The van der Waals surface area contributed by atoms with Crippen LogP contribution in [-0.2, 0) is 11.2 Å². The van der Waals surface area contributed by atoms with Crippen LogP contribution in [0.3, 0.4) is 0 Å². The van der Waals surface area contributed by atoms with Crippen molar-refractivity contribution in [2.24, 2.45) is 10.9 Å². The van der Waals surface area contributed by atoms with E-state index in [2.05, 4.69) is 31.5 Å². The van der Waals surface area contributed by atoms with E-state index in [0.717, 1.165) is 49.7 Å². The summed E-state index contributed by atoms with van der Waals surface area (Å²) in [6.07, 6.45) is 9.67. The fourth-order valence-corrected chi connectivity index (χ4v) is 4.00. The van der Waals surface area contributed by atoms with Crippen LogP contribution in [0.25, 0.3) is 0 Å². The first-order chi connectivity index (χ1) is 13.4. The van der Waals surface area contributed by atoms with Crippen LogP contribution in [-0.4, -0.2) is 16.4 Å². The number of hydrogen-bond donors (Lipinski definition) is 1. The maximum absolute atomic E-state index is 10.9. The molecule has 1 aliphatic rings. The molecule has 0 saturated heterocycles. The Labute approximate surface area is 173 Å². The molecule has 1 aliphatic carbocycles. The summed E-state index contributed by atoms with van der Waals surface area (Å²) in [5.41, 5.74) is 3.99. The highest BCUT2D eigenvalue weighted by molar-refractivity contribution is 7.80. The van der Waals surface area contributed by atoms with Crippen LogP contribution >= 0.6 is 12.2 Å². The van der Waals surface area contributed by atoms with Crippen molar-refractivity contribution in [1.82, 2.24) is 0 Å². The average Bonchev–Trinajstić information content (AvgIpc) is 2.61. The third-order valence-electron chi connectivity index (χ3n) is 5.30. The first kappa shape index (κ1) is 22.1. The normalized spacial score (nSPS) is 18.8. The van der Waals surface area contributed by atoms with Gasteiger partial charge in [-0.05, 0) is 75.4 Å². The average molecular weight is 400 g/mol. The molecule has 0 heterocycles. The van der Waals surface area contributed by atoms with Gasteiger partial charge in [-0.1, -0.05) is 43.6 Å². The molecular weight excluding hydrogens is 370 g/mol. The Kier molecular flexibility index (Phi) is 8.16. The second-order valence-corrected chi connectivity index (χ2v) is 7.93. The van der Waals surface area contributed by atoms with Gasteiger partial charge in [0, 0.05) is 11.5 Å². The van der Waals surface area contributed by atoms with Crippen molar-refractivity contribution in [2.75, 3.05) is 0 Å². The summed E-state index contributed by atoms with van der Waals surface area (Å²) < 4.78 is 5.71. The molecule has 1 aromatic carbocycles. The highest BCUT2D eigenvalue weighted by atomic mass is 32.1. The summed E-state index contributed by atoms with van der Waals surface area (Å²) >= 11 is 5.03. The van der Waals surface area contributed by atoms with Gasteiger partial charge < -0.3 is 9.84 Å². The molecule has 28 heavy (non-hydrogen) atoms. The van der Waals surface area contributed by atoms with E-state index in [4.69, 9.17) is 17.0 Å². The number of carbonyl (C=O) groups excluding carboxylic acids is 1. The van der Waals surface area contributed by atoms with Gasteiger partial charge in [-0.2, -0.15) is 0 Å². The lowest BCUT2D eigenvalue weighted by atomic mass is 9.73. The molecule has 0 bridgehead atoms. The lowest BCUT2D eigenvalue weighted by Gasteiger charge is -2.32. The molecule has 150 valence electrons. The highest BCUT2D eigenvalue weighted by Crippen LogP contribution is 2.47. The van der Waals surface area contributed by atoms with Crippen LogP contribution in [0, 0.1) is 5.92 Å². The summed E-state index contributed by atoms with van der Waals surface area (Å²) in [7, 11) is 0. The molecule has 0 saturated carbocycles. The van der Waals surface area contributed by atoms with Gasteiger partial charge in [-0.25, -0.2) is 4.79 Å². The van der Waals surface area contributed by atoms with Crippen molar-refractivity contribution in [3.63, 3.8) is 0 Å². The molecule has 4 nitrogen and oxygen atoms in total. The smallest absolute Gasteiger partial charge is 0.300 e. The van der Waals surface area contributed by atoms with Crippen LogP contribution in [0.2, 0.25) is 0 Å². The van der Waals surface area contributed by atoms with Crippen LogP contribution in [0.4, 0.5) is 0 Å². The van der Waals surface area contributed by atoms with Crippen LogP contribution in [0.5, 0.6) is 11.5 Å². The van der Waals surface area contributed by atoms with E-state index in [-0.39, 0.29) is 22.8 Å². The van der Waals surface area contributed by atoms with Gasteiger partial charge >= 0.3 is 0 Å². The molecule has 2 atom stereocenters. The molecule has 0 fully saturated rings. The van der Waals surface area contributed by atoms with Crippen molar-refractivity contribution in [1.29, 1.82) is 0 Å². The first-order valence-electron chi connectivity index (χ1n) is 9.85. The number of aromatic hydroxyl groups is 1. The predicted molar refractivity (Wildman–Crippen MR) is 117 cm³/mol. The number of nitrogens with zero attached hydrogens (tertiary/aromatic N) is 1. The Balaban J connectivity index is 2.53. The van der Waals surface area contributed by atoms with Gasteiger partial charge in [0.1, 0.15) is 11.5 Å². The number of aliphatic imine (C=N–C) groups is 1. The topological polar surface area (TPSA) is 58.9 Å². The molecule has 2 rings (SSSR count). The molecule has 0 unspecified atom stereocenters. The molecule has 1 N–H and O–H groups in total. The van der Waals surface area contributed by atoms with Gasteiger partial charge in [-0.3, -0.25) is 0 Å². The van der Waals surface area contributed by atoms with E-state index in [1.807, 2.05) is 19.1 Å². The zero-order chi connectivity index (χ0) is 20.7. The molecule has 0 radical (unpaired) electrons. The fourth-order valence-electron chi connectivity index (χ4n) is 3.87. The molecule has 5 heteroatoms. The zero-order valence-electron chi connectivity index (χ0n) is 17.0. The summed E-state index contributed by atoms with van der Waals surface area (Å²) in [4.78, 5) is 14.0. The van der Waals surface area contributed by atoms with E-state index in [1.54, 1.807) is 0 Å². The number of ether oxygens (including phenoxy) is 1. The fraction of sp³-hybridized carbons (Fsp3) is 0.478. The van der Waals surface area contributed by atoms with Crippen LogP contribution in [0.15, 0.2) is 40.9 Å². The lowest BCUT2D eigenvalue weighted by molar-refractivity contribution is 0.422. The van der Waals surface area contributed by atoms with Crippen LogP contribution in [0.1, 0.15) is 69.9 Å². The maximum atomic E-state index is 10.9. The highest BCUT2D eigenvalue weighted by Gasteiger charge is 2.31. The van der Waals surface area contributed by atoms with Gasteiger partial charge in [-0.15, -0.1) is 4.99 Å². The number of isocyanates is 1. The van der Waals surface area contributed by atoms with Crippen molar-refractivity contribution < 1.29 is 14.6 Å². The summed E-state index contributed by atoms with van der Waals surface area (Å²) in [6, 6.07) is 3.72.